The first-order chi connectivity index (χ1) is 10.5. The summed E-state index contributed by atoms with van der Waals surface area (Å²) >= 11 is 5.22. The van der Waals surface area contributed by atoms with Crippen LogP contribution in [-0.2, 0) is 20.7 Å². The fourth-order valence-electron chi connectivity index (χ4n) is 1.71. The molecule has 0 aliphatic rings. The Morgan fingerprint density at radius 1 is 1.27 bits per heavy atom. The number of benzene rings is 1. The van der Waals surface area contributed by atoms with Gasteiger partial charge in [-0.1, -0.05) is 12.1 Å². The van der Waals surface area contributed by atoms with Gasteiger partial charge in [-0.15, -0.1) is 0 Å². The van der Waals surface area contributed by atoms with Crippen LogP contribution >= 0.6 is 12.2 Å². The number of carbonyl (C=O) groups excluding carboxylic acids is 1. The molecule has 1 aromatic rings. The highest BCUT2D eigenvalue weighted by Crippen LogP contribution is 2.10. The van der Waals surface area contributed by atoms with Crippen LogP contribution in [-0.4, -0.2) is 37.4 Å². The van der Waals surface area contributed by atoms with Gasteiger partial charge in [0.15, 0.2) is 5.11 Å². The standard InChI is InChI=1S/C16H24N2O3S/c1-12(2)21-10-4-9-17-16(22)18-14-7-5-13(6-8-14)11-15(19)20-3/h5-8,12H,4,9-11H2,1-3H3,(H2,17,18,22). The van der Waals surface area contributed by atoms with Crippen LogP contribution in [0.1, 0.15) is 25.8 Å². The van der Waals surface area contributed by atoms with E-state index in [1.807, 2.05) is 38.1 Å². The molecule has 22 heavy (non-hydrogen) atoms. The molecule has 0 atom stereocenters. The van der Waals surface area contributed by atoms with E-state index in [2.05, 4.69) is 15.4 Å². The smallest absolute Gasteiger partial charge is 0.309 e. The molecule has 0 aliphatic carbocycles. The first-order valence-corrected chi connectivity index (χ1v) is 7.74. The predicted molar refractivity (Wildman–Crippen MR) is 92.1 cm³/mol. The Morgan fingerprint density at radius 3 is 2.55 bits per heavy atom. The van der Waals surface area contributed by atoms with Crippen LogP contribution in [0.5, 0.6) is 0 Å². The summed E-state index contributed by atoms with van der Waals surface area (Å²) < 4.78 is 10.1. The molecule has 0 bridgehead atoms. The number of rotatable bonds is 8. The van der Waals surface area contributed by atoms with Gasteiger partial charge >= 0.3 is 5.97 Å². The summed E-state index contributed by atoms with van der Waals surface area (Å²) in [5.41, 5.74) is 1.78. The van der Waals surface area contributed by atoms with Gasteiger partial charge in [-0.25, -0.2) is 0 Å². The molecule has 0 fully saturated rings. The summed E-state index contributed by atoms with van der Waals surface area (Å²) in [6.45, 7) is 5.52. The molecular weight excluding hydrogens is 300 g/mol. The number of ether oxygens (including phenoxy) is 2. The zero-order valence-corrected chi connectivity index (χ0v) is 14.2. The Kier molecular flexibility index (Phi) is 8.47. The summed E-state index contributed by atoms with van der Waals surface area (Å²) in [6, 6.07) is 7.51. The van der Waals surface area contributed by atoms with Crippen molar-refractivity contribution in [3.8, 4) is 0 Å². The number of nitrogens with one attached hydrogen (secondary N) is 2. The van der Waals surface area contributed by atoms with Crippen LogP contribution in [0.4, 0.5) is 5.69 Å². The lowest BCUT2D eigenvalue weighted by atomic mass is 10.1. The molecule has 0 heterocycles. The molecule has 122 valence electrons. The van der Waals surface area contributed by atoms with E-state index in [-0.39, 0.29) is 18.5 Å². The molecule has 0 spiro atoms. The van der Waals surface area contributed by atoms with E-state index in [4.69, 9.17) is 17.0 Å². The molecule has 0 radical (unpaired) electrons. The number of hydrogen-bond donors (Lipinski definition) is 2. The molecular formula is C16H24N2O3S. The minimum absolute atomic E-state index is 0.249. The van der Waals surface area contributed by atoms with Gasteiger partial charge in [0.05, 0.1) is 19.6 Å². The van der Waals surface area contributed by atoms with E-state index in [1.54, 1.807) is 0 Å². The molecule has 0 amide bonds. The highest BCUT2D eigenvalue weighted by atomic mass is 32.1. The zero-order valence-electron chi connectivity index (χ0n) is 13.3. The van der Waals surface area contributed by atoms with E-state index < -0.39 is 0 Å². The van der Waals surface area contributed by atoms with Crippen molar-refractivity contribution in [3.63, 3.8) is 0 Å². The second kappa shape index (κ2) is 10.1. The topological polar surface area (TPSA) is 59.6 Å². The number of hydrogen-bond acceptors (Lipinski definition) is 4. The van der Waals surface area contributed by atoms with Gasteiger partial charge in [-0.05, 0) is 50.2 Å². The van der Waals surface area contributed by atoms with Gasteiger partial charge in [0.25, 0.3) is 0 Å². The number of anilines is 1. The van der Waals surface area contributed by atoms with Crippen LogP contribution in [0.15, 0.2) is 24.3 Å². The van der Waals surface area contributed by atoms with E-state index in [0.29, 0.717) is 5.11 Å². The molecule has 0 saturated carbocycles. The minimum atomic E-state index is -0.249. The van der Waals surface area contributed by atoms with Crippen molar-refractivity contribution in [1.82, 2.24) is 5.32 Å². The largest absolute Gasteiger partial charge is 0.469 e. The van der Waals surface area contributed by atoms with Crippen molar-refractivity contribution in [2.24, 2.45) is 0 Å². The third-order valence-electron chi connectivity index (χ3n) is 2.85. The van der Waals surface area contributed by atoms with Crippen molar-refractivity contribution >= 4 is 29.0 Å². The van der Waals surface area contributed by atoms with Crippen molar-refractivity contribution in [1.29, 1.82) is 0 Å². The van der Waals surface area contributed by atoms with E-state index in [0.717, 1.165) is 30.8 Å². The molecule has 1 aromatic carbocycles. The molecule has 6 heteroatoms. The second-order valence-corrected chi connectivity index (χ2v) is 5.51. The van der Waals surface area contributed by atoms with E-state index in [1.165, 1.54) is 7.11 Å². The van der Waals surface area contributed by atoms with Crippen molar-refractivity contribution in [3.05, 3.63) is 29.8 Å². The van der Waals surface area contributed by atoms with E-state index in [9.17, 15) is 4.79 Å². The van der Waals surface area contributed by atoms with Gasteiger partial charge in [-0.2, -0.15) is 0 Å². The average Bonchev–Trinajstić information content (AvgIpc) is 2.48. The number of thiocarbonyl (C=S) groups is 1. The van der Waals surface area contributed by atoms with Gasteiger partial charge < -0.3 is 20.1 Å². The lowest BCUT2D eigenvalue weighted by molar-refractivity contribution is -0.139. The number of carbonyl (C=O) groups is 1. The molecule has 1 rings (SSSR count). The Bertz CT molecular complexity index is 475. The van der Waals surface area contributed by atoms with Crippen LogP contribution in [0, 0.1) is 0 Å². The third kappa shape index (κ3) is 7.95. The van der Waals surface area contributed by atoms with Crippen molar-refractivity contribution in [2.45, 2.75) is 32.8 Å². The Hall–Kier alpha value is -1.66. The Morgan fingerprint density at radius 2 is 1.95 bits per heavy atom. The fourth-order valence-corrected chi connectivity index (χ4v) is 1.93. The minimum Gasteiger partial charge on any atom is -0.469 e. The highest BCUT2D eigenvalue weighted by molar-refractivity contribution is 7.80. The predicted octanol–water partition coefficient (Wildman–Crippen LogP) is 2.50. The lowest BCUT2D eigenvalue weighted by Gasteiger charge is -2.12. The highest BCUT2D eigenvalue weighted by Gasteiger charge is 2.03. The maximum absolute atomic E-state index is 11.2. The van der Waals surface area contributed by atoms with Gasteiger partial charge in [0.1, 0.15) is 0 Å². The van der Waals surface area contributed by atoms with Gasteiger partial charge in [-0.3, -0.25) is 4.79 Å². The summed E-state index contributed by atoms with van der Waals surface area (Å²) in [7, 11) is 1.38. The molecule has 2 N–H and O–H groups in total. The monoisotopic (exact) mass is 324 g/mol. The van der Waals surface area contributed by atoms with Crippen LogP contribution in [0.2, 0.25) is 0 Å². The Balaban J connectivity index is 2.28. The van der Waals surface area contributed by atoms with Crippen molar-refractivity contribution < 1.29 is 14.3 Å². The Labute approximate surface area is 137 Å². The second-order valence-electron chi connectivity index (χ2n) is 5.10. The molecule has 0 unspecified atom stereocenters. The molecule has 0 saturated heterocycles. The van der Waals surface area contributed by atoms with Gasteiger partial charge in [0.2, 0.25) is 0 Å². The summed E-state index contributed by atoms with van der Waals surface area (Å²) in [6.07, 6.45) is 1.43. The fraction of sp³-hybridized carbons (Fsp3) is 0.500. The van der Waals surface area contributed by atoms with Crippen LogP contribution < -0.4 is 10.6 Å². The first-order valence-electron chi connectivity index (χ1n) is 7.33. The SMILES string of the molecule is COC(=O)Cc1ccc(NC(=S)NCCCOC(C)C)cc1. The van der Waals surface area contributed by atoms with Gasteiger partial charge in [0, 0.05) is 18.8 Å². The molecule has 0 aromatic heterocycles. The maximum Gasteiger partial charge on any atom is 0.309 e. The molecule has 0 aliphatic heterocycles. The van der Waals surface area contributed by atoms with Crippen LogP contribution in [0.3, 0.4) is 0 Å². The maximum atomic E-state index is 11.2. The quantitative estimate of drug-likeness (QED) is 0.435. The third-order valence-corrected chi connectivity index (χ3v) is 3.09. The first kappa shape index (κ1) is 18.4. The summed E-state index contributed by atoms with van der Waals surface area (Å²) in [5.74, 6) is -0.249. The molecule has 5 nitrogen and oxygen atoms in total. The van der Waals surface area contributed by atoms with E-state index >= 15 is 0 Å². The number of esters is 1. The average molecular weight is 324 g/mol. The zero-order chi connectivity index (χ0) is 16.4. The summed E-state index contributed by atoms with van der Waals surface area (Å²) in [5, 5.41) is 6.80. The van der Waals surface area contributed by atoms with Crippen LogP contribution in [0.25, 0.3) is 0 Å². The normalized spacial score (nSPS) is 10.4. The lowest BCUT2D eigenvalue weighted by Crippen LogP contribution is -2.29. The number of methoxy groups -OCH3 is 1. The summed E-state index contributed by atoms with van der Waals surface area (Å²) in [4.78, 5) is 11.2. The van der Waals surface area contributed by atoms with Crippen molar-refractivity contribution in [2.75, 3.05) is 25.6 Å².